The van der Waals surface area contributed by atoms with Crippen LogP contribution in [0.25, 0.3) is 0 Å². The van der Waals surface area contributed by atoms with Gasteiger partial charge in [-0.1, -0.05) is 11.4 Å². The summed E-state index contributed by atoms with van der Waals surface area (Å²) in [5, 5.41) is 11.4. The molecular weight excluding hydrogens is 210 g/mol. The molecule has 1 unspecified atom stereocenters. The van der Waals surface area contributed by atoms with Crippen molar-refractivity contribution in [1.29, 1.82) is 0 Å². The Balaban J connectivity index is 2.32. The molecule has 0 aliphatic heterocycles. The maximum absolute atomic E-state index is 4.17. The summed E-state index contributed by atoms with van der Waals surface area (Å²) in [6, 6.07) is 2.15. The van der Waals surface area contributed by atoms with E-state index in [1.165, 1.54) is 11.5 Å². The first-order chi connectivity index (χ1) is 7.33. The molecule has 5 nitrogen and oxygen atoms in total. The Labute approximate surface area is 92.3 Å². The second kappa shape index (κ2) is 4.50. The van der Waals surface area contributed by atoms with Crippen LogP contribution in [-0.4, -0.2) is 25.9 Å². The first-order valence-electron chi connectivity index (χ1n) is 4.81. The number of nitrogens with one attached hydrogen (secondary N) is 1. The molecule has 6 heteroatoms. The number of aromatic nitrogens is 4. The Morgan fingerprint density at radius 1 is 1.60 bits per heavy atom. The van der Waals surface area contributed by atoms with Crippen molar-refractivity contribution >= 4 is 11.5 Å². The van der Waals surface area contributed by atoms with Crippen LogP contribution >= 0.6 is 11.5 Å². The highest BCUT2D eigenvalue weighted by atomic mass is 32.1. The van der Waals surface area contributed by atoms with E-state index in [0.717, 1.165) is 17.1 Å². The number of hydrogen-bond donors (Lipinski definition) is 1. The molecule has 0 saturated carbocycles. The van der Waals surface area contributed by atoms with Crippen LogP contribution in [-0.2, 0) is 7.05 Å². The van der Waals surface area contributed by atoms with Crippen molar-refractivity contribution in [2.24, 2.45) is 7.05 Å². The van der Waals surface area contributed by atoms with E-state index in [1.54, 1.807) is 12.4 Å². The predicted octanol–water partition coefficient (Wildman–Crippen LogP) is 0.970. The zero-order valence-electron chi connectivity index (χ0n) is 8.71. The summed E-state index contributed by atoms with van der Waals surface area (Å²) >= 11 is 1.41. The van der Waals surface area contributed by atoms with Crippen LogP contribution in [0.3, 0.4) is 0 Å². The maximum Gasteiger partial charge on any atom is 0.0874 e. The molecule has 1 N–H and O–H groups in total. The standard InChI is InChI=1S/C9H13N5S/c1-3-10-9(8-6-11-13-15-8)7-4-5-12-14(7)2/h4-6,9-10H,3H2,1-2H3. The van der Waals surface area contributed by atoms with Gasteiger partial charge in [-0.25, -0.2) is 0 Å². The fourth-order valence-corrected chi connectivity index (χ4v) is 2.12. The van der Waals surface area contributed by atoms with Crippen molar-refractivity contribution in [1.82, 2.24) is 24.7 Å². The SMILES string of the molecule is CCNC(c1cnns1)c1ccnn1C. The molecule has 0 radical (unpaired) electrons. The maximum atomic E-state index is 4.17. The van der Waals surface area contributed by atoms with Crippen LogP contribution in [0.1, 0.15) is 23.5 Å². The fraction of sp³-hybridized carbons (Fsp3) is 0.444. The molecule has 0 spiro atoms. The average molecular weight is 223 g/mol. The van der Waals surface area contributed by atoms with Gasteiger partial charge in [0.15, 0.2) is 0 Å². The van der Waals surface area contributed by atoms with Crippen LogP contribution in [0.2, 0.25) is 0 Å². The van der Waals surface area contributed by atoms with Gasteiger partial charge in [-0.15, -0.1) is 5.10 Å². The summed E-state index contributed by atoms with van der Waals surface area (Å²) in [6.45, 7) is 2.98. The van der Waals surface area contributed by atoms with Crippen LogP contribution in [0, 0.1) is 0 Å². The average Bonchev–Trinajstić information content (AvgIpc) is 2.85. The Bertz CT molecular complexity index is 408. The minimum Gasteiger partial charge on any atom is -0.304 e. The van der Waals surface area contributed by atoms with E-state index in [0.29, 0.717) is 0 Å². The van der Waals surface area contributed by atoms with E-state index in [9.17, 15) is 0 Å². The monoisotopic (exact) mass is 223 g/mol. The Morgan fingerprint density at radius 3 is 3.00 bits per heavy atom. The highest BCUT2D eigenvalue weighted by Gasteiger charge is 2.17. The van der Waals surface area contributed by atoms with Gasteiger partial charge in [-0.3, -0.25) is 4.68 Å². The van der Waals surface area contributed by atoms with Crippen molar-refractivity contribution in [3.8, 4) is 0 Å². The van der Waals surface area contributed by atoms with Gasteiger partial charge in [0.2, 0.25) is 0 Å². The van der Waals surface area contributed by atoms with E-state index in [1.807, 2.05) is 17.8 Å². The Kier molecular flexibility index (Phi) is 3.08. The molecule has 2 rings (SSSR count). The van der Waals surface area contributed by atoms with Crippen molar-refractivity contribution < 1.29 is 0 Å². The summed E-state index contributed by atoms with van der Waals surface area (Å²) in [5.41, 5.74) is 1.13. The largest absolute Gasteiger partial charge is 0.304 e. The molecule has 0 aliphatic rings. The summed E-state index contributed by atoms with van der Waals surface area (Å²) in [5.74, 6) is 0. The van der Waals surface area contributed by atoms with Gasteiger partial charge < -0.3 is 5.32 Å². The van der Waals surface area contributed by atoms with Crippen molar-refractivity contribution in [3.05, 3.63) is 29.0 Å². The third kappa shape index (κ3) is 2.05. The molecule has 0 fully saturated rings. The molecule has 15 heavy (non-hydrogen) atoms. The molecule has 80 valence electrons. The van der Waals surface area contributed by atoms with Crippen LogP contribution in [0.15, 0.2) is 18.5 Å². The lowest BCUT2D eigenvalue weighted by Crippen LogP contribution is -2.23. The Hall–Kier alpha value is -1.27. The van der Waals surface area contributed by atoms with E-state index >= 15 is 0 Å². The van der Waals surface area contributed by atoms with Crippen LogP contribution in [0.5, 0.6) is 0 Å². The molecule has 0 aliphatic carbocycles. The third-order valence-corrected chi connectivity index (χ3v) is 2.95. The smallest absolute Gasteiger partial charge is 0.0874 e. The first kappa shape index (κ1) is 10.3. The zero-order chi connectivity index (χ0) is 10.7. The third-order valence-electron chi connectivity index (χ3n) is 2.23. The lowest BCUT2D eigenvalue weighted by molar-refractivity contribution is 0.578. The second-order valence-electron chi connectivity index (χ2n) is 3.19. The minimum absolute atomic E-state index is 0.141. The van der Waals surface area contributed by atoms with Crippen LogP contribution < -0.4 is 5.32 Å². The number of nitrogens with zero attached hydrogens (tertiary/aromatic N) is 4. The summed E-state index contributed by atoms with van der Waals surface area (Å²) in [7, 11) is 1.94. The van der Waals surface area contributed by atoms with Crippen molar-refractivity contribution in [2.75, 3.05) is 6.54 Å². The topological polar surface area (TPSA) is 55.6 Å². The molecule has 0 saturated heterocycles. The van der Waals surface area contributed by atoms with Gasteiger partial charge in [-0.2, -0.15) is 5.10 Å². The molecule has 2 aromatic heterocycles. The van der Waals surface area contributed by atoms with E-state index in [-0.39, 0.29) is 6.04 Å². The quantitative estimate of drug-likeness (QED) is 0.839. The zero-order valence-corrected chi connectivity index (χ0v) is 9.53. The molecule has 0 aromatic carbocycles. The van der Waals surface area contributed by atoms with E-state index in [2.05, 4.69) is 26.9 Å². The van der Waals surface area contributed by atoms with Crippen molar-refractivity contribution in [3.63, 3.8) is 0 Å². The summed E-state index contributed by atoms with van der Waals surface area (Å²) in [6.07, 6.45) is 3.60. The second-order valence-corrected chi connectivity index (χ2v) is 4.01. The highest BCUT2D eigenvalue weighted by Crippen LogP contribution is 2.22. The van der Waals surface area contributed by atoms with Gasteiger partial charge in [0, 0.05) is 13.2 Å². The number of rotatable bonds is 4. The van der Waals surface area contributed by atoms with Crippen molar-refractivity contribution in [2.45, 2.75) is 13.0 Å². The molecule has 2 heterocycles. The minimum atomic E-state index is 0.141. The van der Waals surface area contributed by atoms with Gasteiger partial charge in [0.05, 0.1) is 22.8 Å². The molecule has 0 bridgehead atoms. The normalized spacial score (nSPS) is 12.9. The highest BCUT2D eigenvalue weighted by molar-refractivity contribution is 7.05. The van der Waals surface area contributed by atoms with Gasteiger partial charge in [0.1, 0.15) is 0 Å². The number of hydrogen-bond acceptors (Lipinski definition) is 5. The first-order valence-corrected chi connectivity index (χ1v) is 5.58. The molecule has 2 aromatic rings. The molecule has 1 atom stereocenters. The predicted molar refractivity (Wildman–Crippen MR) is 58.6 cm³/mol. The molecule has 0 amide bonds. The van der Waals surface area contributed by atoms with Crippen LogP contribution in [0.4, 0.5) is 0 Å². The van der Waals surface area contributed by atoms with E-state index < -0.39 is 0 Å². The number of aryl methyl sites for hydroxylation is 1. The lowest BCUT2D eigenvalue weighted by Gasteiger charge is -2.15. The Morgan fingerprint density at radius 2 is 2.47 bits per heavy atom. The summed E-state index contributed by atoms with van der Waals surface area (Å²) < 4.78 is 5.75. The lowest BCUT2D eigenvalue weighted by atomic mass is 10.2. The van der Waals surface area contributed by atoms with E-state index in [4.69, 9.17) is 0 Å². The molecular formula is C9H13N5S. The van der Waals surface area contributed by atoms with Gasteiger partial charge >= 0.3 is 0 Å². The summed E-state index contributed by atoms with van der Waals surface area (Å²) in [4.78, 5) is 1.11. The van der Waals surface area contributed by atoms with Gasteiger partial charge in [0.25, 0.3) is 0 Å². The fourth-order valence-electron chi connectivity index (χ4n) is 1.52. The van der Waals surface area contributed by atoms with Gasteiger partial charge in [-0.05, 0) is 24.1 Å².